The lowest BCUT2D eigenvalue weighted by Crippen LogP contribution is -2.54. The van der Waals surface area contributed by atoms with Crippen molar-refractivity contribution < 1.29 is 4.79 Å². The van der Waals surface area contributed by atoms with E-state index in [1.54, 1.807) is 0 Å². The highest BCUT2D eigenvalue weighted by Gasteiger charge is 2.58. The SMILES string of the molecule is N#C[C@@H]1C[C@@H]2CC2N1C(=O)[C@@H](N)C12CCC(CC1)C2. The summed E-state index contributed by atoms with van der Waals surface area (Å²) in [6.45, 7) is 0. The van der Waals surface area contributed by atoms with E-state index in [1.165, 1.54) is 12.8 Å². The first-order chi connectivity index (χ1) is 9.14. The van der Waals surface area contributed by atoms with Crippen LogP contribution in [-0.4, -0.2) is 28.9 Å². The first-order valence-corrected chi connectivity index (χ1v) is 7.62. The summed E-state index contributed by atoms with van der Waals surface area (Å²) < 4.78 is 0. The topological polar surface area (TPSA) is 70.1 Å². The Morgan fingerprint density at radius 3 is 2.68 bits per heavy atom. The molecule has 0 aromatic carbocycles. The van der Waals surface area contributed by atoms with Gasteiger partial charge in [0, 0.05) is 6.04 Å². The lowest BCUT2D eigenvalue weighted by atomic mass is 9.77. The zero-order valence-corrected chi connectivity index (χ0v) is 11.2. The Kier molecular flexibility index (Phi) is 2.30. The maximum Gasteiger partial charge on any atom is 0.241 e. The van der Waals surface area contributed by atoms with E-state index in [2.05, 4.69) is 6.07 Å². The Morgan fingerprint density at radius 1 is 1.37 bits per heavy atom. The molecule has 4 nitrogen and oxygen atoms in total. The van der Waals surface area contributed by atoms with Gasteiger partial charge >= 0.3 is 0 Å². The molecule has 4 aliphatic rings. The summed E-state index contributed by atoms with van der Waals surface area (Å²) in [6.07, 6.45) is 7.82. The summed E-state index contributed by atoms with van der Waals surface area (Å²) in [7, 11) is 0. The van der Waals surface area contributed by atoms with E-state index in [1.807, 2.05) is 4.90 Å². The van der Waals surface area contributed by atoms with Gasteiger partial charge in [-0.15, -0.1) is 0 Å². The third kappa shape index (κ3) is 1.51. The summed E-state index contributed by atoms with van der Waals surface area (Å²) in [6, 6.07) is 2.05. The summed E-state index contributed by atoms with van der Waals surface area (Å²) in [5.74, 6) is 1.45. The van der Waals surface area contributed by atoms with Crippen molar-refractivity contribution in [3.8, 4) is 6.07 Å². The molecule has 2 bridgehead atoms. The fraction of sp³-hybridized carbons (Fsp3) is 0.867. The molecule has 19 heavy (non-hydrogen) atoms. The number of likely N-dealkylation sites (tertiary alicyclic amines) is 1. The van der Waals surface area contributed by atoms with Crippen LogP contribution in [0.5, 0.6) is 0 Å². The molecule has 3 aliphatic carbocycles. The number of nitriles is 1. The van der Waals surface area contributed by atoms with E-state index in [0.29, 0.717) is 12.0 Å². The van der Waals surface area contributed by atoms with Gasteiger partial charge in [0.05, 0.1) is 12.1 Å². The van der Waals surface area contributed by atoms with Crippen LogP contribution in [0.2, 0.25) is 0 Å². The number of hydrogen-bond donors (Lipinski definition) is 1. The van der Waals surface area contributed by atoms with Crippen molar-refractivity contribution in [1.29, 1.82) is 5.26 Å². The Hall–Kier alpha value is -1.08. The normalized spacial score (nSPS) is 47.9. The maximum absolute atomic E-state index is 12.8. The third-order valence-electron chi connectivity index (χ3n) is 6.23. The highest BCUT2D eigenvalue weighted by Crippen LogP contribution is 2.56. The minimum absolute atomic E-state index is 0.0642. The van der Waals surface area contributed by atoms with Gasteiger partial charge in [0.15, 0.2) is 0 Å². The van der Waals surface area contributed by atoms with Crippen molar-refractivity contribution in [3.05, 3.63) is 0 Å². The van der Waals surface area contributed by atoms with Gasteiger partial charge < -0.3 is 10.6 Å². The molecule has 1 saturated heterocycles. The second kappa shape index (κ2) is 3.73. The third-order valence-corrected chi connectivity index (χ3v) is 6.23. The largest absolute Gasteiger partial charge is 0.322 e. The van der Waals surface area contributed by atoms with Gasteiger partial charge in [-0.1, -0.05) is 0 Å². The number of fused-ring (bicyclic) bond motifs is 3. The molecule has 1 unspecified atom stereocenters. The van der Waals surface area contributed by atoms with Crippen LogP contribution in [0, 0.1) is 28.6 Å². The van der Waals surface area contributed by atoms with Crippen LogP contribution in [0.4, 0.5) is 0 Å². The van der Waals surface area contributed by atoms with Crippen molar-refractivity contribution in [3.63, 3.8) is 0 Å². The molecular formula is C15H21N3O. The molecule has 102 valence electrons. The van der Waals surface area contributed by atoms with Crippen LogP contribution >= 0.6 is 0 Å². The van der Waals surface area contributed by atoms with Crippen LogP contribution in [0.25, 0.3) is 0 Å². The lowest BCUT2D eigenvalue weighted by Gasteiger charge is -2.36. The minimum atomic E-state index is -0.366. The average Bonchev–Trinajstić information content (AvgIpc) is 2.86. The van der Waals surface area contributed by atoms with Crippen molar-refractivity contribution in [2.45, 2.75) is 63.1 Å². The molecule has 0 spiro atoms. The lowest BCUT2D eigenvalue weighted by molar-refractivity contribution is -0.136. The highest BCUT2D eigenvalue weighted by atomic mass is 16.2. The Morgan fingerprint density at radius 2 is 2.11 bits per heavy atom. The van der Waals surface area contributed by atoms with Gasteiger partial charge in [-0.05, 0) is 62.2 Å². The number of carbonyl (C=O) groups excluding carboxylic acids is 1. The van der Waals surface area contributed by atoms with Gasteiger partial charge in [0.2, 0.25) is 5.91 Å². The molecule has 0 aromatic rings. The van der Waals surface area contributed by atoms with Gasteiger partial charge in [0.25, 0.3) is 0 Å². The summed E-state index contributed by atoms with van der Waals surface area (Å²) in [5, 5.41) is 9.22. The van der Waals surface area contributed by atoms with Crippen molar-refractivity contribution in [2.75, 3.05) is 0 Å². The number of nitrogens with two attached hydrogens (primary N) is 1. The van der Waals surface area contributed by atoms with Crippen LogP contribution in [0.1, 0.15) is 44.9 Å². The molecule has 4 heteroatoms. The molecule has 4 rings (SSSR count). The molecule has 1 aliphatic heterocycles. The molecular weight excluding hydrogens is 238 g/mol. The van der Waals surface area contributed by atoms with Crippen molar-refractivity contribution >= 4 is 5.91 Å². The zero-order valence-electron chi connectivity index (χ0n) is 11.2. The van der Waals surface area contributed by atoms with Gasteiger partial charge in [-0.25, -0.2) is 0 Å². The highest BCUT2D eigenvalue weighted by molar-refractivity contribution is 5.84. The Balaban J connectivity index is 1.55. The summed E-state index contributed by atoms with van der Waals surface area (Å²) in [4.78, 5) is 14.6. The maximum atomic E-state index is 12.8. The number of carbonyl (C=O) groups is 1. The molecule has 0 aromatic heterocycles. The smallest absolute Gasteiger partial charge is 0.241 e. The van der Waals surface area contributed by atoms with Crippen LogP contribution in [0.3, 0.4) is 0 Å². The van der Waals surface area contributed by atoms with Crippen LogP contribution < -0.4 is 5.73 Å². The van der Waals surface area contributed by atoms with E-state index in [0.717, 1.165) is 38.0 Å². The zero-order chi connectivity index (χ0) is 13.2. The number of amides is 1. The minimum Gasteiger partial charge on any atom is -0.322 e. The first-order valence-electron chi connectivity index (χ1n) is 7.62. The quantitative estimate of drug-likeness (QED) is 0.815. The monoisotopic (exact) mass is 259 g/mol. The molecule has 2 N–H and O–H groups in total. The Bertz CT molecular complexity index is 461. The molecule has 4 atom stereocenters. The standard InChI is InChI=1S/C15H21N3O/c16-8-11-5-10-6-12(10)18(11)14(19)13(17)15-3-1-9(7-15)2-4-15/h9-13H,1-7,17H2/t9?,10-,11+,12?,13-,15?/m1/s1. The van der Waals surface area contributed by atoms with Gasteiger partial charge in [0.1, 0.15) is 6.04 Å². The predicted octanol–water partition coefficient (Wildman–Crippen LogP) is 1.41. The number of hydrogen-bond acceptors (Lipinski definition) is 3. The molecule has 1 amide bonds. The van der Waals surface area contributed by atoms with Gasteiger partial charge in [-0.3, -0.25) is 4.79 Å². The van der Waals surface area contributed by atoms with Crippen LogP contribution in [-0.2, 0) is 4.79 Å². The van der Waals surface area contributed by atoms with E-state index in [9.17, 15) is 10.1 Å². The molecule has 3 saturated carbocycles. The van der Waals surface area contributed by atoms with E-state index < -0.39 is 0 Å². The predicted molar refractivity (Wildman–Crippen MR) is 69.7 cm³/mol. The average molecular weight is 259 g/mol. The van der Waals surface area contributed by atoms with E-state index >= 15 is 0 Å². The molecule has 4 fully saturated rings. The summed E-state index contributed by atoms with van der Waals surface area (Å²) in [5.41, 5.74) is 6.44. The first kappa shape index (κ1) is 11.7. The molecule has 1 heterocycles. The van der Waals surface area contributed by atoms with Crippen molar-refractivity contribution in [1.82, 2.24) is 4.90 Å². The fourth-order valence-corrected chi connectivity index (χ4v) is 4.99. The van der Waals surface area contributed by atoms with E-state index in [4.69, 9.17) is 5.73 Å². The van der Waals surface area contributed by atoms with E-state index in [-0.39, 0.29) is 23.4 Å². The summed E-state index contributed by atoms with van der Waals surface area (Å²) >= 11 is 0. The number of piperidine rings is 1. The number of nitrogens with zero attached hydrogens (tertiary/aromatic N) is 2. The fourth-order valence-electron chi connectivity index (χ4n) is 4.99. The second-order valence-electron chi connectivity index (χ2n) is 7.18. The van der Waals surface area contributed by atoms with Gasteiger partial charge in [-0.2, -0.15) is 5.26 Å². The van der Waals surface area contributed by atoms with Crippen molar-refractivity contribution in [2.24, 2.45) is 23.0 Å². The second-order valence-corrected chi connectivity index (χ2v) is 7.18. The van der Waals surface area contributed by atoms with Crippen LogP contribution in [0.15, 0.2) is 0 Å². The molecule has 0 radical (unpaired) electrons. The number of rotatable bonds is 2. The Labute approximate surface area is 113 Å².